The van der Waals surface area contributed by atoms with Crippen LogP contribution in [0.1, 0.15) is 23.1 Å². The smallest absolute Gasteiger partial charge is 0.272 e. The molecule has 0 bridgehead atoms. The lowest BCUT2D eigenvalue weighted by atomic mass is 9.80. The van der Waals surface area contributed by atoms with Gasteiger partial charge in [-0.05, 0) is 16.7 Å². The van der Waals surface area contributed by atoms with Gasteiger partial charge in [0.25, 0.3) is 5.92 Å². The lowest BCUT2D eigenvalue weighted by molar-refractivity contribution is -0.0882. The van der Waals surface area contributed by atoms with Crippen LogP contribution in [0.4, 0.5) is 8.78 Å². The molecule has 3 aromatic carbocycles. The van der Waals surface area contributed by atoms with E-state index in [4.69, 9.17) is 9.84 Å². The Balaban J connectivity index is 2.11. The largest absolute Gasteiger partial charge is 0.390 e. The van der Waals surface area contributed by atoms with Crippen LogP contribution in [0.5, 0.6) is 0 Å². The van der Waals surface area contributed by atoms with Crippen molar-refractivity contribution in [1.82, 2.24) is 0 Å². The molecule has 140 valence electrons. The van der Waals surface area contributed by atoms with E-state index in [0.29, 0.717) is 0 Å². The van der Waals surface area contributed by atoms with Crippen LogP contribution in [-0.2, 0) is 10.3 Å². The molecule has 4 heteroatoms. The Kier molecular flexibility index (Phi) is 5.99. The van der Waals surface area contributed by atoms with Crippen molar-refractivity contribution < 1.29 is 18.6 Å². The first kappa shape index (κ1) is 19.2. The molecule has 0 atom stereocenters. The van der Waals surface area contributed by atoms with Gasteiger partial charge in [-0.2, -0.15) is 0 Å². The average molecular weight is 368 g/mol. The fourth-order valence-electron chi connectivity index (χ4n) is 3.20. The monoisotopic (exact) mass is 368 g/mol. The summed E-state index contributed by atoms with van der Waals surface area (Å²) in [5.41, 5.74) is 1.55. The molecule has 2 nitrogen and oxygen atoms in total. The minimum absolute atomic E-state index is 0.202. The first-order chi connectivity index (χ1) is 13.1. The van der Waals surface area contributed by atoms with Gasteiger partial charge in [-0.3, -0.25) is 0 Å². The molecule has 0 aromatic heterocycles. The standard InChI is InChI=1S/C23H22F2O2/c24-22(25,18-26)16-17-27-23(19-10-4-1-5-11-19,20-12-6-2-7-13-20)21-14-8-3-9-15-21/h1-15,26H,16-18H2. The van der Waals surface area contributed by atoms with Gasteiger partial charge in [0.05, 0.1) is 6.61 Å². The summed E-state index contributed by atoms with van der Waals surface area (Å²) in [6.45, 7) is -1.39. The fraction of sp³-hybridized carbons (Fsp3) is 0.217. The van der Waals surface area contributed by atoms with Crippen LogP contribution < -0.4 is 0 Å². The number of aliphatic hydroxyl groups is 1. The molecular weight excluding hydrogens is 346 g/mol. The normalized spacial score (nSPS) is 12.1. The van der Waals surface area contributed by atoms with Crippen LogP contribution in [0.25, 0.3) is 0 Å². The Hall–Kier alpha value is -2.56. The fourth-order valence-corrected chi connectivity index (χ4v) is 3.20. The average Bonchev–Trinajstić information content (AvgIpc) is 2.73. The molecule has 0 saturated carbocycles. The van der Waals surface area contributed by atoms with Crippen LogP contribution in [-0.4, -0.2) is 24.2 Å². The summed E-state index contributed by atoms with van der Waals surface area (Å²) < 4.78 is 33.4. The van der Waals surface area contributed by atoms with E-state index in [1.807, 2.05) is 91.0 Å². The zero-order chi connectivity index (χ0) is 19.2. The highest BCUT2D eigenvalue weighted by Gasteiger charge is 2.38. The Morgan fingerprint density at radius 2 is 1.04 bits per heavy atom. The summed E-state index contributed by atoms with van der Waals surface area (Å²) in [6.07, 6.45) is -0.558. The molecule has 0 fully saturated rings. The molecule has 1 N–H and O–H groups in total. The minimum Gasteiger partial charge on any atom is -0.390 e. The van der Waals surface area contributed by atoms with Crippen LogP contribution in [0.15, 0.2) is 91.0 Å². The molecule has 0 heterocycles. The van der Waals surface area contributed by atoms with Crippen molar-refractivity contribution in [3.05, 3.63) is 108 Å². The molecule has 0 aliphatic carbocycles. The molecule has 0 radical (unpaired) electrons. The second-order valence-electron chi connectivity index (χ2n) is 6.39. The molecule has 0 unspecified atom stereocenters. The maximum Gasteiger partial charge on any atom is 0.272 e. The molecule has 0 aliphatic rings. The summed E-state index contributed by atoms with van der Waals surface area (Å²) >= 11 is 0. The molecule has 27 heavy (non-hydrogen) atoms. The third kappa shape index (κ3) is 4.24. The number of alkyl halides is 2. The van der Waals surface area contributed by atoms with Gasteiger partial charge < -0.3 is 9.84 Å². The number of benzene rings is 3. The van der Waals surface area contributed by atoms with Crippen LogP contribution in [0.2, 0.25) is 0 Å². The predicted octanol–water partition coefficient (Wildman–Crippen LogP) is 5.01. The highest BCUT2D eigenvalue weighted by Crippen LogP contribution is 2.40. The van der Waals surface area contributed by atoms with Crippen LogP contribution in [0.3, 0.4) is 0 Å². The number of hydrogen-bond donors (Lipinski definition) is 1. The number of ether oxygens (including phenoxy) is 1. The Bertz CT molecular complexity index is 724. The summed E-state index contributed by atoms with van der Waals surface area (Å²) in [7, 11) is 0. The summed E-state index contributed by atoms with van der Waals surface area (Å²) in [5, 5.41) is 8.87. The molecular formula is C23H22F2O2. The van der Waals surface area contributed by atoms with E-state index in [0.717, 1.165) is 16.7 Å². The van der Waals surface area contributed by atoms with Crippen molar-refractivity contribution >= 4 is 0 Å². The van der Waals surface area contributed by atoms with Crippen molar-refractivity contribution in [3.8, 4) is 0 Å². The van der Waals surface area contributed by atoms with E-state index in [-0.39, 0.29) is 6.61 Å². The number of rotatable bonds is 8. The molecule has 0 saturated heterocycles. The van der Waals surface area contributed by atoms with Crippen molar-refractivity contribution in [3.63, 3.8) is 0 Å². The van der Waals surface area contributed by atoms with Gasteiger partial charge in [0.1, 0.15) is 12.2 Å². The van der Waals surface area contributed by atoms with Gasteiger partial charge in [0, 0.05) is 6.42 Å². The van der Waals surface area contributed by atoms with Crippen molar-refractivity contribution in [2.24, 2.45) is 0 Å². The van der Waals surface area contributed by atoms with Gasteiger partial charge in [-0.15, -0.1) is 0 Å². The van der Waals surface area contributed by atoms with Gasteiger partial charge in [0.15, 0.2) is 0 Å². The van der Waals surface area contributed by atoms with Gasteiger partial charge in [-0.25, -0.2) is 8.78 Å². The number of hydrogen-bond acceptors (Lipinski definition) is 2. The van der Waals surface area contributed by atoms with E-state index in [1.54, 1.807) is 0 Å². The third-order valence-corrected chi connectivity index (χ3v) is 4.56. The Morgan fingerprint density at radius 3 is 1.37 bits per heavy atom. The summed E-state index contributed by atoms with van der Waals surface area (Å²) in [4.78, 5) is 0. The van der Waals surface area contributed by atoms with Crippen LogP contribution in [0, 0.1) is 0 Å². The molecule has 3 aromatic rings. The number of aliphatic hydroxyl groups excluding tert-OH is 1. The zero-order valence-corrected chi connectivity index (χ0v) is 14.9. The Labute approximate surface area is 158 Å². The first-order valence-corrected chi connectivity index (χ1v) is 8.88. The van der Waals surface area contributed by atoms with Crippen molar-refractivity contribution in [1.29, 1.82) is 0 Å². The Morgan fingerprint density at radius 1 is 0.667 bits per heavy atom. The topological polar surface area (TPSA) is 29.5 Å². The van der Waals surface area contributed by atoms with Crippen molar-refractivity contribution in [2.45, 2.75) is 17.9 Å². The van der Waals surface area contributed by atoms with Gasteiger partial charge >= 0.3 is 0 Å². The van der Waals surface area contributed by atoms with E-state index in [1.165, 1.54) is 0 Å². The maximum absolute atomic E-state index is 13.6. The highest BCUT2D eigenvalue weighted by molar-refractivity contribution is 5.47. The van der Waals surface area contributed by atoms with Crippen LogP contribution >= 0.6 is 0 Å². The van der Waals surface area contributed by atoms with E-state index in [9.17, 15) is 8.78 Å². The van der Waals surface area contributed by atoms with E-state index in [2.05, 4.69) is 0 Å². The predicted molar refractivity (Wildman–Crippen MR) is 102 cm³/mol. The lowest BCUT2D eigenvalue weighted by Gasteiger charge is -2.36. The molecule has 0 amide bonds. The van der Waals surface area contributed by atoms with E-state index >= 15 is 0 Å². The second-order valence-corrected chi connectivity index (χ2v) is 6.39. The zero-order valence-electron chi connectivity index (χ0n) is 14.9. The highest BCUT2D eigenvalue weighted by atomic mass is 19.3. The number of halogens is 2. The first-order valence-electron chi connectivity index (χ1n) is 8.88. The lowest BCUT2D eigenvalue weighted by Crippen LogP contribution is -2.35. The SMILES string of the molecule is OCC(F)(F)CCOC(c1ccccc1)(c1ccccc1)c1ccccc1. The maximum atomic E-state index is 13.6. The second kappa shape index (κ2) is 8.42. The summed E-state index contributed by atoms with van der Waals surface area (Å²) in [5.74, 6) is -3.17. The minimum atomic E-state index is -3.17. The molecule has 3 rings (SSSR count). The quantitative estimate of drug-likeness (QED) is 0.566. The molecule has 0 aliphatic heterocycles. The third-order valence-electron chi connectivity index (χ3n) is 4.56. The van der Waals surface area contributed by atoms with Gasteiger partial charge in [-0.1, -0.05) is 91.0 Å². The van der Waals surface area contributed by atoms with Crippen molar-refractivity contribution in [2.75, 3.05) is 13.2 Å². The summed E-state index contributed by atoms with van der Waals surface area (Å²) in [6, 6.07) is 28.8. The van der Waals surface area contributed by atoms with Gasteiger partial charge in [0.2, 0.25) is 0 Å². The van der Waals surface area contributed by atoms with E-state index < -0.39 is 24.6 Å². The molecule has 0 spiro atoms.